The zero-order valence-corrected chi connectivity index (χ0v) is 11.3. The highest BCUT2D eigenvalue weighted by atomic mass is 35.5. The van der Waals surface area contributed by atoms with Crippen molar-refractivity contribution in [2.45, 2.75) is 31.7 Å². The number of H-pyrrole nitrogens is 1. The van der Waals surface area contributed by atoms with Crippen molar-refractivity contribution < 1.29 is 0 Å². The zero-order valence-electron chi connectivity index (χ0n) is 10.6. The Morgan fingerprint density at radius 3 is 3.00 bits per heavy atom. The maximum absolute atomic E-state index is 11.3. The fourth-order valence-electron chi connectivity index (χ4n) is 2.38. The van der Waals surface area contributed by atoms with Gasteiger partial charge in [0, 0.05) is 19.1 Å². The minimum absolute atomic E-state index is 0.126. The van der Waals surface area contributed by atoms with Crippen LogP contribution in [0.3, 0.4) is 0 Å². The Bertz CT molecular complexity index is 442. The summed E-state index contributed by atoms with van der Waals surface area (Å²) in [6.07, 6.45) is 6.62. The summed E-state index contributed by atoms with van der Waals surface area (Å²) in [6, 6.07) is 0.703. The van der Waals surface area contributed by atoms with Gasteiger partial charge in [-0.1, -0.05) is 24.4 Å². The normalized spacial score (nSPS) is 16.4. The van der Waals surface area contributed by atoms with Crippen molar-refractivity contribution in [1.29, 1.82) is 0 Å². The number of hydrogen-bond donors (Lipinski definition) is 2. The molecule has 0 bridgehead atoms. The highest BCUT2D eigenvalue weighted by Crippen LogP contribution is 2.22. The molecule has 2 rings (SSSR count). The van der Waals surface area contributed by atoms with Crippen molar-refractivity contribution in [2.24, 2.45) is 0 Å². The van der Waals surface area contributed by atoms with Crippen molar-refractivity contribution in [3.8, 4) is 0 Å². The number of anilines is 1. The van der Waals surface area contributed by atoms with Crippen LogP contribution in [0.15, 0.2) is 11.1 Å². The van der Waals surface area contributed by atoms with Crippen LogP contribution in [0.25, 0.3) is 0 Å². The third kappa shape index (κ3) is 3.23. The van der Waals surface area contributed by atoms with Gasteiger partial charge in [-0.05, 0) is 19.9 Å². The molecule has 1 aromatic rings. The summed E-state index contributed by atoms with van der Waals surface area (Å²) in [5, 5.41) is 3.23. The Morgan fingerprint density at radius 2 is 2.28 bits per heavy atom. The van der Waals surface area contributed by atoms with Gasteiger partial charge >= 0.3 is 0 Å². The number of aromatic amines is 1. The van der Waals surface area contributed by atoms with Crippen LogP contribution in [0.4, 0.5) is 5.82 Å². The van der Waals surface area contributed by atoms with Crippen LogP contribution in [-0.4, -0.2) is 41.0 Å². The third-order valence-corrected chi connectivity index (χ3v) is 3.85. The molecule has 1 saturated carbocycles. The van der Waals surface area contributed by atoms with Gasteiger partial charge in [-0.15, -0.1) is 0 Å². The van der Waals surface area contributed by atoms with E-state index in [1.54, 1.807) is 0 Å². The van der Waals surface area contributed by atoms with E-state index in [1.165, 1.54) is 32.0 Å². The summed E-state index contributed by atoms with van der Waals surface area (Å²) in [7, 11) is 2.14. The smallest absolute Gasteiger partial charge is 0.271 e. The Kier molecular flexibility index (Phi) is 4.60. The monoisotopic (exact) mass is 270 g/mol. The highest BCUT2D eigenvalue weighted by molar-refractivity contribution is 6.32. The van der Waals surface area contributed by atoms with Gasteiger partial charge in [0.15, 0.2) is 5.82 Å². The number of halogens is 1. The lowest BCUT2D eigenvalue weighted by Crippen LogP contribution is -2.33. The van der Waals surface area contributed by atoms with Crippen molar-refractivity contribution in [3.05, 3.63) is 21.7 Å². The van der Waals surface area contributed by atoms with Gasteiger partial charge in [0.25, 0.3) is 5.56 Å². The summed E-state index contributed by atoms with van der Waals surface area (Å²) >= 11 is 5.85. The second-order valence-electron chi connectivity index (χ2n) is 4.74. The summed E-state index contributed by atoms with van der Waals surface area (Å²) in [6.45, 7) is 1.67. The van der Waals surface area contributed by atoms with Crippen molar-refractivity contribution in [3.63, 3.8) is 0 Å². The first kappa shape index (κ1) is 13.4. The van der Waals surface area contributed by atoms with Gasteiger partial charge in [0.05, 0.1) is 6.33 Å². The summed E-state index contributed by atoms with van der Waals surface area (Å²) in [5.41, 5.74) is -0.307. The second kappa shape index (κ2) is 6.20. The SMILES string of the molecule is CN(CCNc1nc[nH]c(=O)c1Cl)C1CCCC1. The van der Waals surface area contributed by atoms with Crippen LogP contribution >= 0.6 is 11.6 Å². The van der Waals surface area contributed by atoms with Crippen LogP contribution in [0.2, 0.25) is 5.02 Å². The lowest BCUT2D eigenvalue weighted by molar-refractivity contribution is 0.254. The molecule has 18 heavy (non-hydrogen) atoms. The van der Waals surface area contributed by atoms with Gasteiger partial charge in [-0.3, -0.25) is 4.79 Å². The first-order valence-corrected chi connectivity index (χ1v) is 6.73. The van der Waals surface area contributed by atoms with E-state index >= 15 is 0 Å². The molecule has 100 valence electrons. The van der Waals surface area contributed by atoms with E-state index in [0.29, 0.717) is 11.9 Å². The highest BCUT2D eigenvalue weighted by Gasteiger charge is 2.18. The van der Waals surface area contributed by atoms with E-state index in [9.17, 15) is 4.79 Å². The topological polar surface area (TPSA) is 61.0 Å². The predicted octanol–water partition coefficient (Wildman–Crippen LogP) is 1.71. The molecule has 5 nitrogen and oxygen atoms in total. The molecule has 0 amide bonds. The molecule has 0 saturated heterocycles. The summed E-state index contributed by atoms with van der Waals surface area (Å²) < 4.78 is 0. The molecule has 6 heteroatoms. The van der Waals surface area contributed by atoms with Crippen LogP contribution < -0.4 is 10.9 Å². The van der Waals surface area contributed by atoms with Crippen LogP contribution in [0, 0.1) is 0 Å². The molecule has 2 N–H and O–H groups in total. The number of nitrogens with one attached hydrogen (secondary N) is 2. The molecule has 1 fully saturated rings. The molecule has 0 spiro atoms. The van der Waals surface area contributed by atoms with Gasteiger partial charge in [0.1, 0.15) is 5.02 Å². The van der Waals surface area contributed by atoms with Gasteiger partial charge < -0.3 is 15.2 Å². The molecule has 0 atom stereocenters. The molecule has 1 aromatic heterocycles. The van der Waals surface area contributed by atoms with E-state index < -0.39 is 0 Å². The van der Waals surface area contributed by atoms with E-state index in [-0.39, 0.29) is 10.6 Å². The summed E-state index contributed by atoms with van der Waals surface area (Å²) in [5.74, 6) is 0.459. The Hall–Kier alpha value is -1.07. The van der Waals surface area contributed by atoms with Crippen molar-refractivity contribution >= 4 is 17.4 Å². The largest absolute Gasteiger partial charge is 0.367 e. The number of nitrogens with zero attached hydrogens (tertiary/aromatic N) is 2. The number of rotatable bonds is 5. The van der Waals surface area contributed by atoms with Crippen LogP contribution in [0.1, 0.15) is 25.7 Å². The number of hydrogen-bond acceptors (Lipinski definition) is 4. The standard InChI is InChI=1S/C12H19ClN4O/c1-17(9-4-2-3-5-9)7-6-14-11-10(13)12(18)16-8-15-11/h8-9H,2-7H2,1H3,(H2,14,15,16,18). The molecule has 1 heterocycles. The Balaban J connectivity index is 1.81. The van der Waals surface area contributed by atoms with Crippen LogP contribution in [-0.2, 0) is 0 Å². The molecule has 0 unspecified atom stereocenters. The van der Waals surface area contributed by atoms with E-state index in [0.717, 1.165) is 13.1 Å². The number of aromatic nitrogens is 2. The predicted molar refractivity (Wildman–Crippen MR) is 73.2 cm³/mol. The lowest BCUT2D eigenvalue weighted by Gasteiger charge is -2.24. The Morgan fingerprint density at radius 1 is 1.56 bits per heavy atom. The van der Waals surface area contributed by atoms with E-state index in [4.69, 9.17) is 11.6 Å². The first-order valence-electron chi connectivity index (χ1n) is 6.36. The molecule has 0 aromatic carbocycles. The Labute approximate surface area is 112 Å². The quantitative estimate of drug-likeness (QED) is 0.855. The molecular weight excluding hydrogens is 252 g/mol. The van der Waals surface area contributed by atoms with Crippen molar-refractivity contribution in [2.75, 3.05) is 25.5 Å². The molecule has 0 aliphatic heterocycles. The third-order valence-electron chi connectivity index (χ3n) is 3.50. The molecular formula is C12H19ClN4O. The minimum Gasteiger partial charge on any atom is -0.367 e. The van der Waals surface area contributed by atoms with Gasteiger partial charge in [-0.2, -0.15) is 0 Å². The fourth-order valence-corrected chi connectivity index (χ4v) is 2.55. The fraction of sp³-hybridized carbons (Fsp3) is 0.667. The van der Waals surface area contributed by atoms with Crippen LogP contribution in [0.5, 0.6) is 0 Å². The molecule has 1 aliphatic carbocycles. The van der Waals surface area contributed by atoms with E-state index in [1.807, 2.05) is 0 Å². The second-order valence-corrected chi connectivity index (χ2v) is 5.12. The molecule has 0 radical (unpaired) electrons. The zero-order chi connectivity index (χ0) is 13.0. The first-order chi connectivity index (χ1) is 8.68. The minimum atomic E-state index is -0.307. The maximum atomic E-state index is 11.3. The average Bonchev–Trinajstić information content (AvgIpc) is 2.88. The number of likely N-dealkylation sites (N-methyl/N-ethyl adjacent to an activating group) is 1. The van der Waals surface area contributed by atoms with Gasteiger partial charge in [-0.25, -0.2) is 4.98 Å². The van der Waals surface area contributed by atoms with Gasteiger partial charge in [0.2, 0.25) is 0 Å². The lowest BCUT2D eigenvalue weighted by atomic mass is 10.2. The van der Waals surface area contributed by atoms with E-state index in [2.05, 4.69) is 27.2 Å². The summed E-state index contributed by atoms with van der Waals surface area (Å²) in [4.78, 5) is 20.1. The van der Waals surface area contributed by atoms with Crippen molar-refractivity contribution in [1.82, 2.24) is 14.9 Å². The average molecular weight is 271 g/mol. The molecule has 1 aliphatic rings. The maximum Gasteiger partial charge on any atom is 0.271 e.